The standard InChI is InChI=1S/2C8H17.C4H9.C2H4OS.Sn/c2*1-4-5-6-7-8(2)3;1-3-4-2;1-2(3)4;/h2*8H,1,4-7H2,2-3H3;1,3-4H2,2H3;1H3,(H,3,4);. The predicted molar refractivity (Wildman–Crippen MR) is 121 cm³/mol. The number of rotatable bonds is 15. The Morgan fingerprint density at radius 3 is 1.44 bits per heavy atom. The summed E-state index contributed by atoms with van der Waals surface area (Å²) >= 11 is 2.35. The molecule has 0 amide bonds. The van der Waals surface area contributed by atoms with Gasteiger partial charge in [0.25, 0.3) is 0 Å². The van der Waals surface area contributed by atoms with Gasteiger partial charge in [0.2, 0.25) is 0 Å². The topological polar surface area (TPSA) is 17.1 Å². The third-order valence-corrected chi connectivity index (χ3v) is 13.6. The van der Waals surface area contributed by atoms with Crippen molar-refractivity contribution in [3.05, 3.63) is 0 Å². The summed E-state index contributed by atoms with van der Waals surface area (Å²) < 4.78 is 5.09. The molecule has 0 N–H and O–H groups in total. The van der Waals surface area contributed by atoms with E-state index in [1.54, 1.807) is 26.2 Å². The first-order valence-electron chi connectivity index (χ1n) is 10.8. The maximum atomic E-state index is 9.31. The van der Waals surface area contributed by atoms with E-state index < -0.39 is 19.8 Å². The Balaban J connectivity index is 0. The van der Waals surface area contributed by atoms with E-state index in [0.717, 1.165) is 11.8 Å². The fourth-order valence-electron chi connectivity index (χ4n) is 3.01. The quantitative estimate of drug-likeness (QED) is 0.143. The molecule has 0 aliphatic carbocycles. The zero-order valence-corrected chi connectivity index (χ0v) is 22.0. The van der Waals surface area contributed by atoms with Gasteiger partial charge >= 0.3 is 144 Å². The van der Waals surface area contributed by atoms with Gasteiger partial charge in [-0.05, 0) is 0 Å². The summed E-state index contributed by atoms with van der Waals surface area (Å²) in [6, 6.07) is 0. The Kier molecular flexibility index (Phi) is 23.7. The molecule has 0 saturated heterocycles. The average Bonchev–Trinajstić information content (AvgIpc) is 2.49. The van der Waals surface area contributed by atoms with Gasteiger partial charge in [0, 0.05) is 6.92 Å². The van der Waals surface area contributed by atoms with Crippen LogP contribution in [0, 0.1) is 11.8 Å². The Morgan fingerprint density at radius 2 is 1.12 bits per heavy atom. The van der Waals surface area contributed by atoms with Crippen molar-refractivity contribution in [1.82, 2.24) is 0 Å². The van der Waals surface area contributed by atoms with Crippen LogP contribution in [0.5, 0.6) is 0 Å². The molecule has 25 heavy (non-hydrogen) atoms. The number of hydrogen-bond donors (Lipinski definition) is 1. The van der Waals surface area contributed by atoms with Gasteiger partial charge in [0.15, 0.2) is 5.12 Å². The van der Waals surface area contributed by atoms with Crippen LogP contribution in [0.1, 0.15) is 106 Å². The molecule has 1 nitrogen and oxygen atoms in total. The van der Waals surface area contributed by atoms with Gasteiger partial charge in [0.05, 0.1) is 0 Å². The van der Waals surface area contributed by atoms with Gasteiger partial charge in [-0.3, -0.25) is 4.79 Å². The summed E-state index contributed by atoms with van der Waals surface area (Å²) in [5.41, 5.74) is 0. The Morgan fingerprint density at radius 1 is 0.760 bits per heavy atom. The van der Waals surface area contributed by atoms with Crippen molar-refractivity contribution in [3.63, 3.8) is 0 Å². The summed E-state index contributed by atoms with van der Waals surface area (Å²) in [7, 11) is 0. The third kappa shape index (κ3) is 29.8. The van der Waals surface area contributed by atoms with E-state index in [0.29, 0.717) is 0 Å². The van der Waals surface area contributed by atoms with Crippen molar-refractivity contribution in [2.24, 2.45) is 11.8 Å². The summed E-state index contributed by atoms with van der Waals surface area (Å²) in [6.07, 6.45) is 15.0. The molecule has 0 aromatic heterocycles. The van der Waals surface area contributed by atoms with Crippen molar-refractivity contribution >= 4 is 37.5 Å². The van der Waals surface area contributed by atoms with E-state index >= 15 is 0 Å². The van der Waals surface area contributed by atoms with Gasteiger partial charge in [-0.2, -0.15) is 0 Å². The van der Waals surface area contributed by atoms with E-state index in [1.165, 1.54) is 58.3 Å². The molecule has 0 aliphatic heterocycles. The number of thiol groups is 1. The van der Waals surface area contributed by atoms with Crippen LogP contribution in [0.25, 0.3) is 0 Å². The zero-order chi connectivity index (χ0) is 19.5. The van der Waals surface area contributed by atoms with Gasteiger partial charge in [-0.25, -0.2) is 0 Å². The van der Waals surface area contributed by atoms with Gasteiger partial charge in [-0.15, -0.1) is 12.6 Å². The number of hydrogen-bond acceptors (Lipinski definition) is 1. The first-order valence-corrected chi connectivity index (χ1v) is 17.3. The monoisotopic (exact) mass is 479 g/mol. The molecule has 0 spiro atoms. The number of carbonyl (C=O) groups excluding carboxylic acids is 1. The molecule has 0 fully saturated rings. The average molecular weight is 478 g/mol. The molecule has 0 saturated carbocycles. The molecule has 0 aliphatic rings. The fraction of sp³-hybridized carbons (Fsp3) is 0.955. The van der Waals surface area contributed by atoms with Crippen molar-refractivity contribution in [2.75, 3.05) is 0 Å². The van der Waals surface area contributed by atoms with Crippen LogP contribution in [-0.2, 0) is 4.79 Å². The van der Waals surface area contributed by atoms with Crippen molar-refractivity contribution < 1.29 is 4.79 Å². The first-order chi connectivity index (χ1) is 11.8. The second-order valence-corrected chi connectivity index (χ2v) is 17.6. The van der Waals surface area contributed by atoms with Gasteiger partial charge in [-0.1, -0.05) is 0 Å². The summed E-state index contributed by atoms with van der Waals surface area (Å²) in [4.78, 5) is 9.31. The second kappa shape index (κ2) is 21.1. The van der Waals surface area contributed by atoms with E-state index in [4.69, 9.17) is 0 Å². The maximum absolute atomic E-state index is 9.31. The third-order valence-electron chi connectivity index (χ3n) is 4.51. The van der Waals surface area contributed by atoms with E-state index in [-0.39, 0.29) is 5.12 Å². The molecule has 0 bridgehead atoms. The van der Waals surface area contributed by atoms with Crippen LogP contribution in [0.3, 0.4) is 0 Å². The van der Waals surface area contributed by atoms with E-state index in [9.17, 15) is 4.79 Å². The van der Waals surface area contributed by atoms with Crippen LogP contribution in [0.15, 0.2) is 0 Å². The molecule has 0 unspecified atom stereocenters. The second-order valence-electron chi connectivity index (χ2n) is 8.36. The molecule has 0 atom stereocenters. The molecule has 0 rings (SSSR count). The SMILES string of the molecule is CC(=O)S.CCC[CH2][Sn]([CH2]CCCCC(C)C)[CH2]CCCCC(C)C. The predicted octanol–water partition coefficient (Wildman–Crippen LogP) is 8.18. The summed E-state index contributed by atoms with van der Waals surface area (Å²) in [6.45, 7) is 13.2. The number of unbranched alkanes of at least 4 members (excludes halogenated alkanes) is 5. The van der Waals surface area contributed by atoms with Crippen LogP contribution < -0.4 is 0 Å². The minimum atomic E-state index is -0.975. The van der Waals surface area contributed by atoms with Crippen molar-refractivity contribution in [1.29, 1.82) is 0 Å². The molecule has 0 aromatic carbocycles. The molecular weight excluding hydrogens is 431 g/mol. The molecule has 0 heterocycles. The Labute approximate surface area is 172 Å². The molecule has 0 aromatic rings. The summed E-state index contributed by atoms with van der Waals surface area (Å²) in [5, 5.41) is -0.139. The van der Waals surface area contributed by atoms with E-state index in [2.05, 4.69) is 47.2 Å². The fourth-order valence-corrected chi connectivity index (χ4v) is 11.9. The van der Waals surface area contributed by atoms with Crippen molar-refractivity contribution in [3.8, 4) is 0 Å². The van der Waals surface area contributed by atoms with Gasteiger partial charge in [0.1, 0.15) is 0 Å². The summed E-state index contributed by atoms with van der Waals surface area (Å²) in [5.74, 6) is 1.81. The number of carbonyl (C=O) groups is 1. The van der Waals surface area contributed by atoms with Crippen LogP contribution in [0.4, 0.5) is 0 Å². The molecule has 151 valence electrons. The molecule has 1 radical (unpaired) electrons. The van der Waals surface area contributed by atoms with Crippen LogP contribution >= 0.6 is 12.6 Å². The van der Waals surface area contributed by atoms with Crippen molar-refractivity contribution in [2.45, 2.75) is 119 Å². The molecule has 3 heteroatoms. The first kappa shape index (κ1) is 28.0. The Bertz CT molecular complexity index is 257. The molecular formula is C22H47OSSn. The van der Waals surface area contributed by atoms with Gasteiger partial charge < -0.3 is 0 Å². The minimum absolute atomic E-state index is 0.139. The van der Waals surface area contributed by atoms with Crippen LogP contribution in [0.2, 0.25) is 13.3 Å². The van der Waals surface area contributed by atoms with Crippen LogP contribution in [-0.4, -0.2) is 24.9 Å². The normalized spacial score (nSPS) is 11.1. The Hall–Kier alpha value is 0.819. The van der Waals surface area contributed by atoms with E-state index in [1.807, 2.05) is 0 Å². The zero-order valence-electron chi connectivity index (χ0n) is 18.2.